The highest BCUT2D eigenvalue weighted by Crippen LogP contribution is 2.44. The summed E-state index contributed by atoms with van der Waals surface area (Å²) in [5, 5.41) is 14.7. The number of carbonyl (C=O) groups is 3. The molecule has 4 rings (SSSR count). The average Bonchev–Trinajstić information content (AvgIpc) is 3.54. The first-order valence-corrected chi connectivity index (χ1v) is 11.6. The highest BCUT2D eigenvalue weighted by atomic mass is 16.5. The van der Waals surface area contributed by atoms with E-state index in [1.807, 2.05) is 31.2 Å². The number of carboxylic acid groups (broad SMARTS) is 1. The molecule has 3 N–H and O–H groups in total. The van der Waals surface area contributed by atoms with Crippen LogP contribution in [0.5, 0.6) is 0 Å². The highest BCUT2D eigenvalue weighted by Gasteiger charge is 2.44. The van der Waals surface area contributed by atoms with Gasteiger partial charge in [0.15, 0.2) is 0 Å². The van der Waals surface area contributed by atoms with Crippen LogP contribution in [0.25, 0.3) is 11.1 Å². The molecular weight excluding hydrogens is 420 g/mol. The maximum absolute atomic E-state index is 12.4. The molecule has 1 saturated carbocycles. The molecule has 0 spiro atoms. The quantitative estimate of drug-likeness (QED) is 0.509. The van der Waals surface area contributed by atoms with Crippen LogP contribution in [0, 0.1) is 11.8 Å². The molecule has 2 amide bonds. The van der Waals surface area contributed by atoms with Gasteiger partial charge in [0, 0.05) is 18.4 Å². The van der Waals surface area contributed by atoms with E-state index in [9.17, 15) is 19.5 Å². The van der Waals surface area contributed by atoms with Gasteiger partial charge in [-0.25, -0.2) is 9.59 Å². The predicted octanol–water partition coefficient (Wildman–Crippen LogP) is 3.92. The number of carboxylic acids is 1. The smallest absolute Gasteiger partial charge is 0.407 e. The molecule has 0 saturated heterocycles. The number of amides is 2. The van der Waals surface area contributed by atoms with Crippen molar-refractivity contribution < 1.29 is 24.2 Å². The molecule has 2 aromatic rings. The fraction of sp³-hybridized carbons (Fsp3) is 0.423. The third kappa shape index (κ3) is 5.18. The second-order valence-corrected chi connectivity index (χ2v) is 8.85. The second-order valence-electron chi connectivity index (χ2n) is 8.85. The van der Waals surface area contributed by atoms with E-state index in [-0.39, 0.29) is 30.3 Å². The molecule has 2 aliphatic carbocycles. The highest BCUT2D eigenvalue weighted by molar-refractivity contribution is 5.86. The van der Waals surface area contributed by atoms with Gasteiger partial charge in [0.25, 0.3) is 0 Å². The van der Waals surface area contributed by atoms with Gasteiger partial charge >= 0.3 is 12.1 Å². The van der Waals surface area contributed by atoms with Crippen LogP contribution in [-0.2, 0) is 14.3 Å². The van der Waals surface area contributed by atoms with Crippen LogP contribution in [0.1, 0.15) is 49.7 Å². The Kier molecular flexibility index (Phi) is 6.96. The lowest BCUT2D eigenvalue weighted by molar-refractivity contribution is -0.142. The van der Waals surface area contributed by atoms with E-state index in [1.54, 1.807) is 0 Å². The summed E-state index contributed by atoms with van der Waals surface area (Å²) in [7, 11) is 0. The summed E-state index contributed by atoms with van der Waals surface area (Å²) >= 11 is 0. The van der Waals surface area contributed by atoms with Crippen molar-refractivity contribution in [1.82, 2.24) is 10.6 Å². The van der Waals surface area contributed by atoms with Crippen LogP contribution in [-0.4, -0.2) is 42.3 Å². The van der Waals surface area contributed by atoms with Crippen LogP contribution in [0.4, 0.5) is 4.79 Å². The first kappa shape index (κ1) is 22.8. The van der Waals surface area contributed by atoms with Gasteiger partial charge in [-0.1, -0.05) is 68.3 Å². The number of unbranched alkanes of at least 4 members (excludes halogenated alkanes) is 1. The molecule has 7 heteroatoms. The molecule has 0 aliphatic heterocycles. The number of benzene rings is 2. The van der Waals surface area contributed by atoms with E-state index in [0.717, 1.165) is 24.0 Å². The summed E-state index contributed by atoms with van der Waals surface area (Å²) in [6, 6.07) is 15.5. The third-order valence-electron chi connectivity index (χ3n) is 6.57. The molecule has 0 heterocycles. The van der Waals surface area contributed by atoms with Crippen molar-refractivity contribution in [2.24, 2.45) is 11.8 Å². The Bertz CT molecular complexity index is 991. The number of nitrogens with one attached hydrogen (secondary N) is 2. The summed E-state index contributed by atoms with van der Waals surface area (Å²) in [6.07, 6.45) is 2.17. The zero-order valence-electron chi connectivity index (χ0n) is 18.8. The van der Waals surface area contributed by atoms with Gasteiger partial charge in [0.2, 0.25) is 5.91 Å². The lowest BCUT2D eigenvalue weighted by Crippen LogP contribution is -2.42. The fourth-order valence-corrected chi connectivity index (χ4v) is 4.60. The molecule has 1 fully saturated rings. The standard InChI is InChI=1S/C26H30N2O5/c1-2-3-12-23(25(30)31)28-24(29)21-13-16(21)14-27-26(32)33-15-22-19-10-6-4-8-17(19)18-9-5-7-11-20(18)22/h4-11,16,21-23H,2-3,12-15H2,1H3,(H,27,32)(H,28,29)(H,30,31)/t16?,21?,23-/m0/s1. The minimum Gasteiger partial charge on any atom is -0.480 e. The van der Waals surface area contributed by atoms with E-state index >= 15 is 0 Å². The van der Waals surface area contributed by atoms with Crippen LogP contribution < -0.4 is 10.6 Å². The molecule has 0 radical (unpaired) electrons. The lowest BCUT2D eigenvalue weighted by atomic mass is 9.98. The first-order chi connectivity index (χ1) is 16.0. The summed E-state index contributed by atoms with van der Waals surface area (Å²) in [5.74, 6) is -1.52. The maximum Gasteiger partial charge on any atom is 0.407 e. The number of aliphatic carboxylic acids is 1. The maximum atomic E-state index is 12.4. The Morgan fingerprint density at radius 1 is 1.06 bits per heavy atom. The SMILES string of the molecule is CCCC[C@H](NC(=O)C1CC1CNC(=O)OCC1c2ccccc2-c2ccccc21)C(=O)O. The molecule has 0 bridgehead atoms. The topological polar surface area (TPSA) is 105 Å². The molecule has 33 heavy (non-hydrogen) atoms. The van der Waals surface area contributed by atoms with E-state index < -0.39 is 18.1 Å². The van der Waals surface area contributed by atoms with Crippen molar-refractivity contribution >= 4 is 18.0 Å². The van der Waals surface area contributed by atoms with Crippen molar-refractivity contribution in [3.63, 3.8) is 0 Å². The molecule has 2 unspecified atom stereocenters. The molecule has 0 aromatic heterocycles. The molecule has 2 aromatic carbocycles. The Balaban J connectivity index is 1.24. The predicted molar refractivity (Wildman–Crippen MR) is 124 cm³/mol. The van der Waals surface area contributed by atoms with Crippen molar-refractivity contribution in [1.29, 1.82) is 0 Å². The molecule has 2 aliphatic rings. The van der Waals surface area contributed by atoms with Crippen molar-refractivity contribution in [2.75, 3.05) is 13.2 Å². The van der Waals surface area contributed by atoms with Gasteiger partial charge < -0.3 is 20.5 Å². The van der Waals surface area contributed by atoms with Gasteiger partial charge in [-0.3, -0.25) is 4.79 Å². The largest absolute Gasteiger partial charge is 0.480 e. The summed E-state index contributed by atoms with van der Waals surface area (Å²) in [6.45, 7) is 2.56. The molecule has 7 nitrogen and oxygen atoms in total. The Labute approximate surface area is 193 Å². The van der Waals surface area contributed by atoms with Gasteiger partial charge in [-0.05, 0) is 41.0 Å². The summed E-state index contributed by atoms with van der Waals surface area (Å²) in [5.41, 5.74) is 4.66. The average molecular weight is 451 g/mol. The summed E-state index contributed by atoms with van der Waals surface area (Å²) < 4.78 is 5.53. The van der Waals surface area contributed by atoms with Crippen LogP contribution >= 0.6 is 0 Å². The number of hydrogen-bond donors (Lipinski definition) is 3. The number of ether oxygens (including phenoxy) is 1. The molecule has 3 atom stereocenters. The minimum absolute atomic E-state index is 0.00123. The number of hydrogen-bond acceptors (Lipinski definition) is 4. The number of alkyl carbamates (subject to hydrolysis) is 1. The van der Waals surface area contributed by atoms with Gasteiger partial charge in [-0.15, -0.1) is 0 Å². The lowest BCUT2D eigenvalue weighted by Gasteiger charge is -2.15. The normalized spacial score (nSPS) is 19.2. The Morgan fingerprint density at radius 2 is 1.70 bits per heavy atom. The van der Waals surface area contributed by atoms with Gasteiger partial charge in [-0.2, -0.15) is 0 Å². The van der Waals surface area contributed by atoms with Gasteiger partial charge in [0.05, 0.1) is 0 Å². The molecule has 174 valence electrons. The third-order valence-corrected chi connectivity index (χ3v) is 6.57. The fourth-order valence-electron chi connectivity index (χ4n) is 4.60. The van der Waals surface area contributed by atoms with Crippen molar-refractivity contribution in [3.8, 4) is 11.1 Å². The van der Waals surface area contributed by atoms with E-state index in [4.69, 9.17) is 4.74 Å². The van der Waals surface area contributed by atoms with Crippen molar-refractivity contribution in [3.05, 3.63) is 59.7 Å². The van der Waals surface area contributed by atoms with Crippen LogP contribution in [0.15, 0.2) is 48.5 Å². The summed E-state index contributed by atoms with van der Waals surface area (Å²) in [4.78, 5) is 36.0. The molecular formula is C26H30N2O5. The Morgan fingerprint density at radius 3 is 2.30 bits per heavy atom. The van der Waals surface area contributed by atoms with E-state index in [0.29, 0.717) is 19.4 Å². The van der Waals surface area contributed by atoms with Crippen molar-refractivity contribution in [2.45, 2.75) is 44.6 Å². The Hall–Kier alpha value is -3.35. The minimum atomic E-state index is -1.01. The number of fused-ring (bicyclic) bond motifs is 3. The number of rotatable bonds is 10. The van der Waals surface area contributed by atoms with Gasteiger partial charge in [0.1, 0.15) is 12.6 Å². The van der Waals surface area contributed by atoms with Crippen LogP contribution in [0.3, 0.4) is 0 Å². The second kappa shape index (κ2) is 10.1. The first-order valence-electron chi connectivity index (χ1n) is 11.6. The number of carbonyl (C=O) groups excluding carboxylic acids is 2. The van der Waals surface area contributed by atoms with E-state index in [2.05, 4.69) is 34.9 Å². The van der Waals surface area contributed by atoms with Crippen LogP contribution in [0.2, 0.25) is 0 Å². The van der Waals surface area contributed by atoms with E-state index in [1.165, 1.54) is 11.1 Å². The zero-order valence-corrected chi connectivity index (χ0v) is 18.8. The monoisotopic (exact) mass is 450 g/mol. The zero-order chi connectivity index (χ0) is 23.4.